The number of hydrogen-bond donors (Lipinski definition) is 2. The first kappa shape index (κ1) is 15.5. The van der Waals surface area contributed by atoms with E-state index in [1.54, 1.807) is 12.4 Å². The highest BCUT2D eigenvalue weighted by Crippen LogP contribution is 2.18. The Balaban J connectivity index is 2.15. The third-order valence-corrected chi connectivity index (χ3v) is 3.25. The minimum absolute atomic E-state index is 0.0342. The molecule has 0 spiro atoms. The van der Waals surface area contributed by atoms with Crippen LogP contribution in [0.5, 0.6) is 0 Å². The van der Waals surface area contributed by atoms with E-state index in [0.29, 0.717) is 5.82 Å². The van der Waals surface area contributed by atoms with Gasteiger partial charge in [0.1, 0.15) is 17.5 Å². The molecule has 0 aliphatic rings. The van der Waals surface area contributed by atoms with Crippen molar-refractivity contribution in [3.8, 4) is 6.07 Å². The first-order valence-electron chi connectivity index (χ1n) is 7.21. The molecule has 0 fully saturated rings. The SMILES string of the molecule is CCCC(NC(=O)/C(C#N)=C/c1ncc[nH]1)c1ccccc1. The van der Waals surface area contributed by atoms with E-state index in [0.717, 1.165) is 18.4 Å². The molecule has 2 aromatic rings. The molecule has 2 N–H and O–H groups in total. The van der Waals surface area contributed by atoms with E-state index in [1.807, 2.05) is 36.4 Å². The molecule has 0 aliphatic carbocycles. The summed E-state index contributed by atoms with van der Waals surface area (Å²) in [6, 6.07) is 11.6. The van der Waals surface area contributed by atoms with E-state index in [1.165, 1.54) is 6.08 Å². The molecule has 1 atom stereocenters. The van der Waals surface area contributed by atoms with Crippen molar-refractivity contribution in [1.82, 2.24) is 15.3 Å². The molecule has 0 aliphatic heterocycles. The second kappa shape index (κ2) is 7.79. The fourth-order valence-corrected chi connectivity index (χ4v) is 2.17. The van der Waals surface area contributed by atoms with Gasteiger partial charge in [-0.2, -0.15) is 5.26 Å². The lowest BCUT2D eigenvalue weighted by Crippen LogP contribution is -2.29. The molecular weight excluding hydrogens is 276 g/mol. The van der Waals surface area contributed by atoms with Crippen molar-refractivity contribution in [1.29, 1.82) is 5.26 Å². The average Bonchev–Trinajstić information content (AvgIpc) is 3.06. The number of aromatic nitrogens is 2. The van der Waals surface area contributed by atoms with Gasteiger partial charge in [0.05, 0.1) is 6.04 Å². The molecule has 1 unspecified atom stereocenters. The molecule has 1 heterocycles. The molecule has 1 aromatic carbocycles. The lowest BCUT2D eigenvalue weighted by Gasteiger charge is -2.18. The number of nitrogens with zero attached hydrogens (tertiary/aromatic N) is 2. The topological polar surface area (TPSA) is 81.6 Å². The number of carbonyl (C=O) groups is 1. The molecule has 112 valence electrons. The van der Waals surface area contributed by atoms with Crippen LogP contribution in [0, 0.1) is 11.3 Å². The number of hydrogen-bond acceptors (Lipinski definition) is 3. The number of imidazole rings is 1. The molecule has 0 saturated heterocycles. The van der Waals surface area contributed by atoms with Gasteiger partial charge in [-0.3, -0.25) is 4.79 Å². The van der Waals surface area contributed by atoms with Gasteiger partial charge in [-0.05, 0) is 12.0 Å². The molecule has 5 heteroatoms. The summed E-state index contributed by atoms with van der Waals surface area (Å²) in [4.78, 5) is 19.2. The lowest BCUT2D eigenvalue weighted by atomic mass is 10.0. The van der Waals surface area contributed by atoms with Gasteiger partial charge in [-0.1, -0.05) is 43.7 Å². The summed E-state index contributed by atoms with van der Waals surface area (Å²) in [6.07, 6.45) is 6.41. The predicted molar refractivity (Wildman–Crippen MR) is 84.4 cm³/mol. The van der Waals surface area contributed by atoms with Gasteiger partial charge >= 0.3 is 0 Å². The van der Waals surface area contributed by atoms with E-state index in [4.69, 9.17) is 0 Å². The number of aromatic amines is 1. The quantitative estimate of drug-likeness (QED) is 0.634. The summed E-state index contributed by atoms with van der Waals surface area (Å²) in [7, 11) is 0. The van der Waals surface area contributed by atoms with E-state index >= 15 is 0 Å². The lowest BCUT2D eigenvalue weighted by molar-refractivity contribution is -0.117. The van der Waals surface area contributed by atoms with Crippen LogP contribution in [0.4, 0.5) is 0 Å². The molecule has 5 nitrogen and oxygen atoms in total. The van der Waals surface area contributed by atoms with Crippen LogP contribution < -0.4 is 5.32 Å². The highest BCUT2D eigenvalue weighted by atomic mass is 16.1. The maximum Gasteiger partial charge on any atom is 0.262 e. The zero-order valence-electron chi connectivity index (χ0n) is 12.4. The van der Waals surface area contributed by atoms with Crippen molar-refractivity contribution in [2.24, 2.45) is 0 Å². The molecule has 1 aromatic heterocycles. The molecule has 0 saturated carbocycles. The summed E-state index contributed by atoms with van der Waals surface area (Å²) in [5, 5.41) is 12.1. The highest BCUT2D eigenvalue weighted by Gasteiger charge is 2.16. The zero-order chi connectivity index (χ0) is 15.8. The van der Waals surface area contributed by atoms with Crippen molar-refractivity contribution < 1.29 is 4.79 Å². The molecule has 2 rings (SSSR count). The minimum atomic E-state index is -0.388. The highest BCUT2D eigenvalue weighted by molar-refractivity contribution is 6.01. The molecule has 0 bridgehead atoms. The summed E-state index contributed by atoms with van der Waals surface area (Å²) in [5.41, 5.74) is 1.07. The van der Waals surface area contributed by atoms with Crippen molar-refractivity contribution >= 4 is 12.0 Å². The first-order valence-corrected chi connectivity index (χ1v) is 7.21. The summed E-state index contributed by atoms with van der Waals surface area (Å²) < 4.78 is 0. The normalized spacial score (nSPS) is 12.5. The Kier molecular flexibility index (Phi) is 5.50. The molecule has 0 radical (unpaired) electrons. The van der Waals surface area contributed by atoms with Crippen LogP contribution in [-0.2, 0) is 4.79 Å². The van der Waals surface area contributed by atoms with Gasteiger partial charge < -0.3 is 10.3 Å². The van der Waals surface area contributed by atoms with E-state index < -0.39 is 0 Å². The Morgan fingerprint density at radius 2 is 2.23 bits per heavy atom. The van der Waals surface area contributed by atoms with Crippen LogP contribution in [0.2, 0.25) is 0 Å². The van der Waals surface area contributed by atoms with Crippen molar-refractivity contribution in [3.63, 3.8) is 0 Å². The van der Waals surface area contributed by atoms with E-state index in [-0.39, 0.29) is 17.5 Å². The molecule has 22 heavy (non-hydrogen) atoms. The van der Waals surface area contributed by atoms with E-state index in [9.17, 15) is 10.1 Å². The standard InChI is InChI=1S/C17H18N4O/c1-2-6-15(13-7-4-3-5-8-13)21-17(22)14(12-18)11-16-19-9-10-20-16/h3-5,7-11,15H,2,6H2,1H3,(H,19,20)(H,21,22)/b14-11+. The van der Waals surface area contributed by atoms with Gasteiger partial charge in [0.15, 0.2) is 0 Å². The largest absolute Gasteiger partial charge is 0.345 e. The van der Waals surface area contributed by atoms with Crippen molar-refractivity contribution in [2.75, 3.05) is 0 Å². The number of rotatable bonds is 6. The molecular formula is C17H18N4O. The number of H-pyrrole nitrogens is 1. The summed E-state index contributed by atoms with van der Waals surface area (Å²) in [6.45, 7) is 2.06. The number of benzene rings is 1. The zero-order valence-corrected chi connectivity index (χ0v) is 12.4. The smallest absolute Gasteiger partial charge is 0.262 e. The Labute approximate surface area is 129 Å². The number of nitriles is 1. The minimum Gasteiger partial charge on any atom is -0.345 e. The summed E-state index contributed by atoms with van der Waals surface area (Å²) >= 11 is 0. The predicted octanol–water partition coefficient (Wildman–Crippen LogP) is 2.97. The van der Waals surface area contributed by atoms with Crippen LogP contribution in [0.15, 0.2) is 48.3 Å². The van der Waals surface area contributed by atoms with Crippen LogP contribution in [-0.4, -0.2) is 15.9 Å². The Morgan fingerprint density at radius 3 is 2.82 bits per heavy atom. The maximum atomic E-state index is 12.3. The van der Waals surface area contributed by atoms with Gasteiger partial charge in [-0.15, -0.1) is 0 Å². The number of nitrogens with one attached hydrogen (secondary N) is 2. The monoisotopic (exact) mass is 294 g/mol. The second-order valence-corrected chi connectivity index (χ2v) is 4.87. The van der Waals surface area contributed by atoms with E-state index in [2.05, 4.69) is 22.2 Å². The van der Waals surface area contributed by atoms with Gasteiger partial charge in [-0.25, -0.2) is 4.98 Å². The number of carbonyl (C=O) groups excluding carboxylic acids is 1. The number of amides is 1. The van der Waals surface area contributed by atoms with Crippen LogP contribution in [0.25, 0.3) is 6.08 Å². The average molecular weight is 294 g/mol. The summed E-state index contributed by atoms with van der Waals surface area (Å²) in [5.74, 6) is 0.0969. The van der Waals surface area contributed by atoms with Gasteiger partial charge in [0.2, 0.25) is 0 Å². The Morgan fingerprint density at radius 1 is 1.45 bits per heavy atom. The third-order valence-electron chi connectivity index (χ3n) is 3.25. The second-order valence-electron chi connectivity index (χ2n) is 4.87. The van der Waals surface area contributed by atoms with Crippen LogP contribution in [0.1, 0.15) is 37.2 Å². The first-order chi connectivity index (χ1) is 10.7. The Hall–Kier alpha value is -2.87. The van der Waals surface area contributed by atoms with Crippen LogP contribution in [0.3, 0.4) is 0 Å². The van der Waals surface area contributed by atoms with Crippen molar-refractivity contribution in [2.45, 2.75) is 25.8 Å². The fraction of sp³-hybridized carbons (Fsp3) is 0.235. The van der Waals surface area contributed by atoms with Gasteiger partial charge in [0, 0.05) is 18.5 Å². The third kappa shape index (κ3) is 4.06. The Bertz CT molecular complexity index is 668. The van der Waals surface area contributed by atoms with Crippen LogP contribution >= 0.6 is 0 Å². The van der Waals surface area contributed by atoms with Crippen molar-refractivity contribution in [3.05, 3.63) is 59.7 Å². The molecule has 1 amide bonds. The fourth-order valence-electron chi connectivity index (χ4n) is 2.17. The van der Waals surface area contributed by atoms with Gasteiger partial charge in [0.25, 0.3) is 5.91 Å². The maximum absolute atomic E-state index is 12.3.